The van der Waals surface area contributed by atoms with Crippen LogP contribution in [0, 0.1) is 5.21 Å². The third kappa shape index (κ3) is 3.78. The van der Waals surface area contributed by atoms with E-state index in [4.69, 9.17) is 4.42 Å². The molecule has 0 fully saturated rings. The number of para-hydroxylation sites is 2. The summed E-state index contributed by atoms with van der Waals surface area (Å²) in [6.07, 6.45) is 1.28. The first kappa shape index (κ1) is 17.4. The number of hydrazone groups is 1. The van der Waals surface area contributed by atoms with Gasteiger partial charge >= 0.3 is 0 Å². The molecule has 4 N–H and O–H groups in total. The van der Waals surface area contributed by atoms with Crippen LogP contribution < -0.4 is 10.7 Å². The molecule has 132 valence electrons. The van der Waals surface area contributed by atoms with Crippen molar-refractivity contribution in [2.75, 3.05) is 0 Å². The lowest BCUT2D eigenvalue weighted by atomic mass is 10.1. The van der Waals surface area contributed by atoms with Crippen LogP contribution in [0.3, 0.4) is 0 Å². The molecule has 0 saturated heterocycles. The van der Waals surface area contributed by atoms with Crippen molar-refractivity contribution in [2.24, 2.45) is 5.10 Å². The first-order valence-electron chi connectivity index (χ1n) is 7.60. The number of nitrogens with one attached hydrogen (secondary N) is 2. The van der Waals surface area contributed by atoms with E-state index in [-0.39, 0.29) is 17.0 Å². The van der Waals surface area contributed by atoms with Gasteiger partial charge in [0.2, 0.25) is 0 Å². The summed E-state index contributed by atoms with van der Waals surface area (Å²) in [6, 6.07) is 15.8. The maximum absolute atomic E-state index is 11.9. The van der Waals surface area contributed by atoms with Crippen molar-refractivity contribution >= 4 is 17.8 Å². The van der Waals surface area contributed by atoms with Crippen LogP contribution in [0.4, 0.5) is 5.69 Å². The highest BCUT2D eigenvalue weighted by Gasteiger charge is 2.13. The number of carbonyl (C=O) groups is 1. The first-order valence-corrected chi connectivity index (χ1v) is 7.60. The molecule has 3 aromatic rings. The van der Waals surface area contributed by atoms with E-state index in [9.17, 15) is 20.3 Å². The zero-order chi connectivity index (χ0) is 18.5. The van der Waals surface area contributed by atoms with E-state index >= 15 is 0 Å². The highest BCUT2D eigenvalue weighted by Crippen LogP contribution is 2.26. The molecule has 0 aliphatic carbocycles. The number of carbonyl (C=O) groups excluding carboxylic acids is 1. The molecule has 0 radical (unpaired) electrons. The Labute approximate surface area is 148 Å². The molecule has 0 saturated carbocycles. The van der Waals surface area contributed by atoms with Crippen molar-refractivity contribution in [3.8, 4) is 17.1 Å². The smallest absolute Gasteiger partial charge is 0.275 e. The largest absolute Gasteiger partial charge is 0.595 e. The summed E-state index contributed by atoms with van der Waals surface area (Å²) in [5, 5.41) is 32.8. The van der Waals surface area contributed by atoms with Gasteiger partial charge in [0, 0.05) is 6.07 Å². The molecule has 1 amide bonds. The lowest BCUT2D eigenvalue weighted by molar-refractivity contribution is -0.991. The van der Waals surface area contributed by atoms with Crippen LogP contribution in [0.25, 0.3) is 11.3 Å². The maximum atomic E-state index is 11.9. The Morgan fingerprint density at radius 1 is 1.12 bits per heavy atom. The summed E-state index contributed by atoms with van der Waals surface area (Å²) in [6.45, 7) is 0. The third-order valence-electron chi connectivity index (χ3n) is 3.56. The summed E-state index contributed by atoms with van der Waals surface area (Å²) in [7, 11) is 0. The molecular weight excluding hydrogens is 338 g/mol. The number of phenols is 1. The number of hydrogen-bond acceptors (Lipinski definition) is 6. The lowest BCUT2D eigenvalue weighted by Gasteiger charge is -2.14. The minimum Gasteiger partial charge on any atom is -0.595 e. The van der Waals surface area contributed by atoms with Gasteiger partial charge in [-0.1, -0.05) is 24.3 Å². The van der Waals surface area contributed by atoms with Gasteiger partial charge in [-0.25, -0.2) is 10.6 Å². The Balaban J connectivity index is 1.72. The van der Waals surface area contributed by atoms with E-state index < -0.39 is 11.1 Å². The molecule has 1 unspecified atom stereocenters. The van der Waals surface area contributed by atoms with Crippen molar-refractivity contribution < 1.29 is 24.8 Å². The van der Waals surface area contributed by atoms with Gasteiger partial charge < -0.3 is 14.7 Å². The number of quaternary nitrogens is 1. The van der Waals surface area contributed by atoms with Gasteiger partial charge in [0.1, 0.15) is 17.3 Å². The van der Waals surface area contributed by atoms with Crippen molar-refractivity contribution in [2.45, 2.75) is 0 Å². The van der Waals surface area contributed by atoms with Gasteiger partial charge in [-0.15, -0.1) is 0 Å². The Morgan fingerprint density at radius 3 is 2.62 bits per heavy atom. The Hall–Kier alpha value is -3.46. The molecule has 0 aliphatic rings. The second kappa shape index (κ2) is 7.62. The predicted molar refractivity (Wildman–Crippen MR) is 93.1 cm³/mol. The number of nitrogens with zero attached hydrogens (tertiary/aromatic N) is 1. The second-order valence-corrected chi connectivity index (χ2v) is 5.27. The van der Waals surface area contributed by atoms with E-state index in [0.29, 0.717) is 17.1 Å². The summed E-state index contributed by atoms with van der Waals surface area (Å²) in [4.78, 5) is 11.9. The first-order chi connectivity index (χ1) is 12.6. The normalized spacial score (nSPS) is 12.2. The van der Waals surface area contributed by atoms with Gasteiger partial charge in [0.25, 0.3) is 5.91 Å². The Bertz CT molecular complexity index is 949. The van der Waals surface area contributed by atoms with Gasteiger partial charge in [0.15, 0.2) is 5.69 Å². The fraction of sp³-hybridized carbons (Fsp3) is 0. The summed E-state index contributed by atoms with van der Waals surface area (Å²) in [5.74, 6) is -0.0117. The zero-order valence-corrected chi connectivity index (χ0v) is 13.4. The van der Waals surface area contributed by atoms with Gasteiger partial charge in [-0.2, -0.15) is 10.3 Å². The van der Waals surface area contributed by atoms with Crippen LogP contribution in [0.2, 0.25) is 0 Å². The Morgan fingerprint density at radius 2 is 1.85 bits per heavy atom. The number of hydrogen-bond donors (Lipinski definition) is 4. The molecular formula is C18H15N3O5. The van der Waals surface area contributed by atoms with Gasteiger partial charge in [-0.05, 0) is 30.3 Å². The third-order valence-corrected chi connectivity index (χ3v) is 3.56. The molecule has 3 rings (SSSR count). The van der Waals surface area contributed by atoms with Crippen LogP contribution >= 0.6 is 0 Å². The quantitative estimate of drug-likeness (QED) is 0.412. The van der Waals surface area contributed by atoms with Crippen molar-refractivity contribution in [3.05, 3.63) is 77.2 Å². The number of aromatic hydroxyl groups is 1. The fourth-order valence-corrected chi connectivity index (χ4v) is 2.33. The molecule has 8 nitrogen and oxygen atoms in total. The van der Waals surface area contributed by atoms with Crippen molar-refractivity contribution in [1.82, 2.24) is 5.43 Å². The summed E-state index contributed by atoms with van der Waals surface area (Å²) < 4.78 is 5.56. The zero-order valence-electron chi connectivity index (χ0n) is 13.4. The number of furan rings is 1. The van der Waals surface area contributed by atoms with Gasteiger partial charge in [-0.3, -0.25) is 4.79 Å². The minimum absolute atomic E-state index is 0.0974. The molecule has 8 heteroatoms. The van der Waals surface area contributed by atoms with E-state index in [2.05, 4.69) is 10.5 Å². The maximum Gasteiger partial charge on any atom is 0.275 e. The van der Waals surface area contributed by atoms with E-state index in [0.717, 1.165) is 0 Å². The molecule has 0 aliphatic heterocycles. The molecule has 1 atom stereocenters. The topological polar surface area (TPSA) is 123 Å². The minimum atomic E-state index is -1.05. The van der Waals surface area contributed by atoms with Crippen molar-refractivity contribution in [3.63, 3.8) is 0 Å². The van der Waals surface area contributed by atoms with Crippen LogP contribution in [-0.2, 0) is 0 Å². The highest BCUT2D eigenvalue weighted by atomic mass is 16.8. The number of benzene rings is 2. The molecule has 2 aromatic carbocycles. The lowest BCUT2D eigenvalue weighted by Crippen LogP contribution is -2.99. The SMILES string of the molecule is O=C(NN=Cc1ccc(-c2ccccc2[NH+]([O-])O)o1)c1ccccc1O. The molecule has 0 spiro atoms. The van der Waals surface area contributed by atoms with Crippen LogP contribution in [0.15, 0.2) is 70.2 Å². The average molecular weight is 353 g/mol. The van der Waals surface area contributed by atoms with Crippen LogP contribution in [0.5, 0.6) is 5.75 Å². The molecule has 1 heterocycles. The monoisotopic (exact) mass is 353 g/mol. The van der Waals surface area contributed by atoms with Gasteiger partial charge in [0.05, 0.1) is 17.3 Å². The number of rotatable bonds is 5. The van der Waals surface area contributed by atoms with E-state index in [1.807, 2.05) is 0 Å². The molecule has 26 heavy (non-hydrogen) atoms. The predicted octanol–water partition coefficient (Wildman–Crippen LogP) is 1.82. The van der Waals surface area contributed by atoms with Crippen molar-refractivity contribution in [1.29, 1.82) is 0 Å². The van der Waals surface area contributed by atoms with E-state index in [1.165, 1.54) is 24.4 Å². The van der Waals surface area contributed by atoms with E-state index in [1.54, 1.807) is 42.5 Å². The standard InChI is InChI=1S/C18H15N3O5/c22-16-8-4-2-6-14(16)18(23)20-19-11-12-9-10-17(26-12)13-5-1-3-7-15(13)21(24)25/h1-11,21-22,24H,(H,20,23). The molecule has 0 bridgehead atoms. The number of phenolic OH excluding ortho intramolecular Hbond substituents is 1. The average Bonchev–Trinajstić information content (AvgIpc) is 3.10. The van der Waals surface area contributed by atoms with Crippen LogP contribution in [-0.4, -0.2) is 22.4 Å². The fourth-order valence-electron chi connectivity index (χ4n) is 2.33. The second-order valence-electron chi connectivity index (χ2n) is 5.27. The summed E-state index contributed by atoms with van der Waals surface area (Å²) >= 11 is 0. The Kier molecular flexibility index (Phi) is 5.09. The summed E-state index contributed by atoms with van der Waals surface area (Å²) in [5.41, 5.74) is 2.95. The highest BCUT2D eigenvalue weighted by molar-refractivity contribution is 5.97. The molecule has 1 aromatic heterocycles. The van der Waals surface area contributed by atoms with Crippen LogP contribution in [0.1, 0.15) is 16.1 Å². The number of amides is 1.